The quantitative estimate of drug-likeness (QED) is 0.643. The van der Waals surface area contributed by atoms with Crippen LogP contribution in [0.3, 0.4) is 0 Å². The highest BCUT2D eigenvalue weighted by Crippen LogP contribution is 2.10. The Kier molecular flexibility index (Phi) is 4.93. The van der Waals surface area contributed by atoms with Crippen molar-refractivity contribution in [2.45, 2.75) is 13.8 Å². The molecule has 9 heteroatoms. The molecule has 128 valence electrons. The van der Waals surface area contributed by atoms with Crippen molar-refractivity contribution < 1.29 is 4.79 Å². The minimum Gasteiger partial charge on any atom is -0.367 e. The van der Waals surface area contributed by atoms with Gasteiger partial charge in [-0.2, -0.15) is 5.10 Å². The number of hydrogen-bond acceptors (Lipinski definition) is 7. The second-order valence-corrected chi connectivity index (χ2v) is 5.39. The largest absolute Gasteiger partial charge is 0.367 e. The molecule has 0 aliphatic carbocycles. The molecule has 0 unspecified atom stereocenters. The highest BCUT2D eigenvalue weighted by molar-refractivity contribution is 5.91. The van der Waals surface area contributed by atoms with E-state index in [-0.39, 0.29) is 11.6 Å². The van der Waals surface area contributed by atoms with Crippen LogP contribution in [0.2, 0.25) is 0 Å². The van der Waals surface area contributed by atoms with E-state index in [2.05, 4.69) is 35.9 Å². The van der Waals surface area contributed by atoms with E-state index in [9.17, 15) is 4.79 Å². The standard InChI is InChI=1S/C16H18N8O/c1-11-9-12(2)24(23-11)15-4-3-14(21-22-15)19-7-8-20-16(25)13-10-17-5-6-18-13/h3-6,9-10H,7-8H2,1-2H3,(H,19,21)(H,20,25). The summed E-state index contributed by atoms with van der Waals surface area (Å²) < 4.78 is 1.74. The van der Waals surface area contributed by atoms with Crippen LogP contribution in [0.5, 0.6) is 0 Å². The molecule has 0 saturated carbocycles. The number of amides is 1. The normalized spacial score (nSPS) is 10.5. The van der Waals surface area contributed by atoms with E-state index in [0.717, 1.165) is 11.4 Å². The van der Waals surface area contributed by atoms with Crippen molar-refractivity contribution >= 4 is 11.7 Å². The Balaban J connectivity index is 1.49. The van der Waals surface area contributed by atoms with Crippen LogP contribution >= 0.6 is 0 Å². The number of hydrogen-bond donors (Lipinski definition) is 2. The van der Waals surface area contributed by atoms with Crippen LogP contribution < -0.4 is 10.6 Å². The predicted molar refractivity (Wildman–Crippen MR) is 91.5 cm³/mol. The molecule has 1 amide bonds. The van der Waals surface area contributed by atoms with E-state index in [1.807, 2.05) is 32.0 Å². The second-order valence-electron chi connectivity index (χ2n) is 5.39. The third-order valence-electron chi connectivity index (χ3n) is 3.39. The van der Waals surface area contributed by atoms with Gasteiger partial charge in [-0.05, 0) is 32.0 Å². The summed E-state index contributed by atoms with van der Waals surface area (Å²) in [7, 11) is 0. The van der Waals surface area contributed by atoms with E-state index >= 15 is 0 Å². The molecule has 0 fully saturated rings. The van der Waals surface area contributed by atoms with Crippen LogP contribution in [0.15, 0.2) is 36.8 Å². The maximum atomic E-state index is 11.8. The molecule has 3 heterocycles. The molecular formula is C16H18N8O. The fraction of sp³-hybridized carbons (Fsp3) is 0.250. The fourth-order valence-electron chi connectivity index (χ4n) is 2.27. The Labute approximate surface area is 144 Å². The first-order chi connectivity index (χ1) is 12.1. The fourth-order valence-corrected chi connectivity index (χ4v) is 2.27. The van der Waals surface area contributed by atoms with Gasteiger partial charge in [0.25, 0.3) is 5.91 Å². The van der Waals surface area contributed by atoms with Gasteiger partial charge < -0.3 is 10.6 Å². The molecule has 0 aliphatic heterocycles. The molecule has 0 saturated heterocycles. The number of nitrogens with zero attached hydrogens (tertiary/aromatic N) is 6. The van der Waals surface area contributed by atoms with E-state index in [0.29, 0.717) is 24.7 Å². The number of carbonyl (C=O) groups excluding carboxylic acids is 1. The first-order valence-corrected chi connectivity index (χ1v) is 7.79. The van der Waals surface area contributed by atoms with Crippen LogP contribution in [-0.4, -0.2) is 48.9 Å². The summed E-state index contributed by atoms with van der Waals surface area (Å²) in [5.74, 6) is 1.02. The number of rotatable bonds is 6. The monoisotopic (exact) mass is 338 g/mol. The Hall–Kier alpha value is -3.36. The molecule has 3 rings (SSSR count). The summed E-state index contributed by atoms with van der Waals surface area (Å²) in [5.41, 5.74) is 2.22. The molecule has 2 N–H and O–H groups in total. The zero-order valence-corrected chi connectivity index (χ0v) is 14.0. The van der Waals surface area contributed by atoms with Gasteiger partial charge in [0.15, 0.2) is 5.82 Å². The molecule has 0 aromatic carbocycles. The summed E-state index contributed by atoms with van der Waals surface area (Å²) in [6.45, 7) is 4.84. The van der Waals surface area contributed by atoms with Gasteiger partial charge in [0.2, 0.25) is 0 Å². The first-order valence-electron chi connectivity index (χ1n) is 7.79. The van der Waals surface area contributed by atoms with Gasteiger partial charge in [-0.3, -0.25) is 9.78 Å². The first kappa shape index (κ1) is 16.5. The summed E-state index contributed by atoms with van der Waals surface area (Å²) in [6.07, 6.45) is 4.42. The highest BCUT2D eigenvalue weighted by Gasteiger charge is 2.07. The third kappa shape index (κ3) is 4.14. The molecule has 0 aliphatic rings. The lowest BCUT2D eigenvalue weighted by Gasteiger charge is -2.07. The van der Waals surface area contributed by atoms with Crippen molar-refractivity contribution in [1.29, 1.82) is 0 Å². The number of anilines is 1. The zero-order valence-electron chi connectivity index (χ0n) is 14.0. The van der Waals surface area contributed by atoms with Crippen molar-refractivity contribution in [2.75, 3.05) is 18.4 Å². The van der Waals surface area contributed by atoms with Crippen molar-refractivity contribution in [1.82, 2.24) is 35.3 Å². The third-order valence-corrected chi connectivity index (χ3v) is 3.39. The summed E-state index contributed by atoms with van der Waals surface area (Å²) in [4.78, 5) is 19.6. The van der Waals surface area contributed by atoms with E-state index in [1.165, 1.54) is 18.6 Å². The van der Waals surface area contributed by atoms with Gasteiger partial charge in [-0.1, -0.05) is 0 Å². The van der Waals surface area contributed by atoms with Crippen LogP contribution in [0.4, 0.5) is 5.82 Å². The van der Waals surface area contributed by atoms with Gasteiger partial charge in [-0.15, -0.1) is 10.2 Å². The molecule has 0 bridgehead atoms. The minimum atomic E-state index is -0.263. The van der Waals surface area contributed by atoms with Gasteiger partial charge in [0.05, 0.1) is 11.9 Å². The average Bonchev–Trinajstić information content (AvgIpc) is 2.98. The van der Waals surface area contributed by atoms with Gasteiger partial charge in [0.1, 0.15) is 11.5 Å². The average molecular weight is 338 g/mol. The van der Waals surface area contributed by atoms with E-state index < -0.39 is 0 Å². The predicted octanol–water partition coefficient (Wildman–Crippen LogP) is 0.911. The second kappa shape index (κ2) is 7.47. The van der Waals surface area contributed by atoms with Gasteiger partial charge in [-0.25, -0.2) is 9.67 Å². The lowest BCUT2D eigenvalue weighted by atomic mass is 10.4. The van der Waals surface area contributed by atoms with Crippen molar-refractivity contribution in [2.24, 2.45) is 0 Å². The summed E-state index contributed by atoms with van der Waals surface area (Å²) in [6, 6.07) is 5.64. The molecule has 0 spiro atoms. The topological polar surface area (TPSA) is 111 Å². The van der Waals surface area contributed by atoms with E-state index in [1.54, 1.807) is 4.68 Å². The molecule has 25 heavy (non-hydrogen) atoms. The Morgan fingerprint density at radius 1 is 1.16 bits per heavy atom. The van der Waals surface area contributed by atoms with Crippen LogP contribution in [-0.2, 0) is 0 Å². The number of aromatic nitrogens is 6. The van der Waals surface area contributed by atoms with Crippen LogP contribution in [0.1, 0.15) is 21.9 Å². The van der Waals surface area contributed by atoms with Gasteiger partial charge >= 0.3 is 0 Å². The molecule has 9 nitrogen and oxygen atoms in total. The Morgan fingerprint density at radius 2 is 2.04 bits per heavy atom. The SMILES string of the molecule is Cc1cc(C)n(-c2ccc(NCCNC(=O)c3cnccn3)nn2)n1. The smallest absolute Gasteiger partial charge is 0.271 e. The number of nitrogens with one attached hydrogen (secondary N) is 2. The number of carbonyl (C=O) groups is 1. The molecular weight excluding hydrogens is 320 g/mol. The Bertz CT molecular complexity index is 844. The summed E-state index contributed by atoms with van der Waals surface area (Å²) >= 11 is 0. The molecule has 0 radical (unpaired) electrons. The van der Waals surface area contributed by atoms with Gasteiger partial charge in [0, 0.05) is 31.2 Å². The zero-order chi connectivity index (χ0) is 17.6. The molecule has 3 aromatic heterocycles. The highest BCUT2D eigenvalue weighted by atomic mass is 16.1. The maximum absolute atomic E-state index is 11.8. The lowest BCUT2D eigenvalue weighted by Crippen LogP contribution is -2.29. The Morgan fingerprint density at radius 3 is 2.68 bits per heavy atom. The lowest BCUT2D eigenvalue weighted by molar-refractivity contribution is 0.0950. The van der Waals surface area contributed by atoms with Crippen molar-refractivity contribution in [3.63, 3.8) is 0 Å². The van der Waals surface area contributed by atoms with Crippen molar-refractivity contribution in [3.8, 4) is 5.82 Å². The summed E-state index contributed by atoms with van der Waals surface area (Å²) in [5, 5.41) is 18.5. The van der Waals surface area contributed by atoms with E-state index in [4.69, 9.17) is 0 Å². The molecule has 0 atom stereocenters. The number of aryl methyl sites for hydroxylation is 2. The van der Waals surface area contributed by atoms with Crippen LogP contribution in [0, 0.1) is 13.8 Å². The van der Waals surface area contributed by atoms with Crippen molar-refractivity contribution in [3.05, 3.63) is 53.9 Å². The maximum Gasteiger partial charge on any atom is 0.271 e. The van der Waals surface area contributed by atoms with Crippen LogP contribution in [0.25, 0.3) is 5.82 Å². The minimum absolute atomic E-state index is 0.263. The molecule has 3 aromatic rings.